The molecule has 1 amide bonds. The number of amides is 1. The van der Waals surface area contributed by atoms with Crippen molar-refractivity contribution in [3.63, 3.8) is 0 Å². The van der Waals surface area contributed by atoms with E-state index in [9.17, 15) is 4.79 Å². The number of hydrogen-bond acceptors (Lipinski definition) is 2. The maximum Gasteiger partial charge on any atom is 0.272 e. The normalized spacial score (nSPS) is 32.7. The molecule has 0 radical (unpaired) electrons. The van der Waals surface area contributed by atoms with Gasteiger partial charge in [-0.15, -0.1) is 0 Å². The summed E-state index contributed by atoms with van der Waals surface area (Å²) in [6, 6.07) is 13.8. The number of aromatic nitrogens is 2. The smallest absolute Gasteiger partial charge is 0.272 e. The molecule has 2 aromatic carbocycles. The Bertz CT molecular complexity index is 1470. The van der Waals surface area contributed by atoms with E-state index in [4.69, 9.17) is 39.9 Å². The minimum atomic E-state index is -0.0445. The van der Waals surface area contributed by atoms with Gasteiger partial charge in [-0.2, -0.15) is 5.10 Å². The molecule has 3 aromatic rings. The number of carbonyl (C=O) groups is 1. The number of nitrogens with one attached hydrogen (secondary N) is 1. The Morgan fingerprint density at radius 1 is 1.08 bits per heavy atom. The number of hydrogen-bond donors (Lipinski definition) is 1. The van der Waals surface area contributed by atoms with E-state index >= 15 is 0 Å². The number of nitrogens with zero attached hydrogens (tertiary/aromatic N) is 2. The molecule has 4 aliphatic carbocycles. The summed E-state index contributed by atoms with van der Waals surface area (Å²) < 4.78 is 1.93. The summed E-state index contributed by atoms with van der Waals surface area (Å²) in [5.41, 5.74) is 5.13. The van der Waals surface area contributed by atoms with Gasteiger partial charge in [0.1, 0.15) is 0 Å². The first kappa shape index (κ1) is 25.0. The van der Waals surface area contributed by atoms with Gasteiger partial charge in [0.05, 0.1) is 16.4 Å². The van der Waals surface area contributed by atoms with Crippen molar-refractivity contribution in [3.8, 4) is 5.69 Å². The minimum Gasteiger partial charge on any atom is -0.347 e. The Labute approximate surface area is 239 Å². The molecule has 3 saturated carbocycles. The Morgan fingerprint density at radius 3 is 2.63 bits per heavy atom. The van der Waals surface area contributed by atoms with Crippen molar-refractivity contribution in [2.45, 2.75) is 70.8 Å². The number of benzene rings is 2. The maximum atomic E-state index is 14.0. The summed E-state index contributed by atoms with van der Waals surface area (Å²) in [7, 11) is 0. The van der Waals surface area contributed by atoms with Crippen LogP contribution in [0.25, 0.3) is 5.69 Å². The number of rotatable bonds is 5. The van der Waals surface area contributed by atoms with Crippen LogP contribution in [0.1, 0.15) is 79.2 Å². The molecule has 6 atom stereocenters. The zero-order valence-electron chi connectivity index (χ0n) is 21.7. The van der Waals surface area contributed by atoms with Crippen molar-refractivity contribution in [3.05, 3.63) is 80.0 Å². The summed E-state index contributed by atoms with van der Waals surface area (Å²) in [6.07, 6.45) is 7.30. The minimum absolute atomic E-state index is 0.0445. The molecule has 4 nitrogen and oxygen atoms in total. The van der Waals surface area contributed by atoms with Gasteiger partial charge in [0.15, 0.2) is 5.69 Å². The van der Waals surface area contributed by atoms with E-state index < -0.39 is 0 Å². The molecule has 7 rings (SSSR count). The van der Waals surface area contributed by atoms with Gasteiger partial charge in [-0.05, 0) is 97.1 Å². The quantitative estimate of drug-likeness (QED) is 0.317. The van der Waals surface area contributed by atoms with Crippen LogP contribution in [0.3, 0.4) is 0 Å². The van der Waals surface area contributed by atoms with Crippen LogP contribution in [0.15, 0.2) is 42.5 Å². The summed E-state index contributed by atoms with van der Waals surface area (Å²) in [4.78, 5) is 14.0. The van der Waals surface area contributed by atoms with Crippen molar-refractivity contribution >= 4 is 40.7 Å². The van der Waals surface area contributed by atoms with Gasteiger partial charge in [-0.1, -0.05) is 67.2 Å². The lowest BCUT2D eigenvalue weighted by Crippen LogP contribution is -2.61. The first-order valence-electron chi connectivity index (χ1n) is 13.8. The van der Waals surface area contributed by atoms with Gasteiger partial charge in [0.2, 0.25) is 0 Å². The molecule has 1 aromatic heterocycles. The topological polar surface area (TPSA) is 46.9 Å². The van der Waals surface area contributed by atoms with E-state index in [0.717, 1.165) is 65.9 Å². The highest BCUT2D eigenvalue weighted by atomic mass is 35.5. The van der Waals surface area contributed by atoms with E-state index in [1.165, 1.54) is 18.4 Å². The van der Waals surface area contributed by atoms with E-state index in [1.54, 1.807) is 6.07 Å². The van der Waals surface area contributed by atoms with Gasteiger partial charge in [-0.3, -0.25) is 4.79 Å². The van der Waals surface area contributed by atoms with E-state index in [-0.39, 0.29) is 28.7 Å². The van der Waals surface area contributed by atoms with Crippen molar-refractivity contribution in [1.82, 2.24) is 15.1 Å². The lowest BCUT2D eigenvalue weighted by Gasteiger charge is -2.52. The molecule has 1 N–H and O–H groups in total. The van der Waals surface area contributed by atoms with Crippen LogP contribution in [-0.4, -0.2) is 21.7 Å². The van der Waals surface area contributed by atoms with Gasteiger partial charge in [0.25, 0.3) is 5.91 Å². The first-order chi connectivity index (χ1) is 18.2. The molecular formula is C31H32Cl3N3O. The zero-order chi connectivity index (χ0) is 26.4. The Morgan fingerprint density at radius 2 is 1.89 bits per heavy atom. The molecule has 1 heterocycles. The van der Waals surface area contributed by atoms with Gasteiger partial charge < -0.3 is 5.32 Å². The molecule has 0 spiro atoms. The molecule has 0 saturated heterocycles. The SMILES string of the molecule is CC12CCC3C1C3(C)[C@H]2NC(=O)c1nn(-c2ccc(Cl)cc2Cl)c2c1CCCCC2Cc1cccc(Cl)c1. The predicted octanol–water partition coefficient (Wildman–Crippen LogP) is 8.05. The molecule has 4 aliphatic rings. The number of carbonyl (C=O) groups excluding carboxylic acids is 1. The lowest BCUT2D eigenvalue weighted by molar-refractivity contribution is -0.00176. The third-order valence-electron chi connectivity index (χ3n) is 10.4. The summed E-state index contributed by atoms with van der Waals surface area (Å²) in [5, 5.41) is 10.3. The molecular weight excluding hydrogens is 537 g/mol. The van der Waals surface area contributed by atoms with Crippen LogP contribution in [0.2, 0.25) is 15.1 Å². The van der Waals surface area contributed by atoms with Crippen LogP contribution in [0, 0.1) is 22.7 Å². The van der Waals surface area contributed by atoms with Crippen molar-refractivity contribution in [2.75, 3.05) is 0 Å². The van der Waals surface area contributed by atoms with E-state index in [0.29, 0.717) is 15.7 Å². The molecule has 7 heteroatoms. The third kappa shape index (κ3) is 3.56. The lowest BCUT2D eigenvalue weighted by atomic mass is 9.57. The van der Waals surface area contributed by atoms with Crippen LogP contribution < -0.4 is 5.32 Å². The maximum absolute atomic E-state index is 14.0. The largest absolute Gasteiger partial charge is 0.347 e. The van der Waals surface area contributed by atoms with E-state index in [1.807, 2.05) is 35.0 Å². The Balaban J connectivity index is 1.31. The predicted molar refractivity (Wildman–Crippen MR) is 153 cm³/mol. The fraction of sp³-hybridized carbons (Fsp3) is 0.484. The van der Waals surface area contributed by atoms with Crippen LogP contribution >= 0.6 is 34.8 Å². The van der Waals surface area contributed by atoms with Crippen LogP contribution in [0.5, 0.6) is 0 Å². The molecule has 0 aliphatic heterocycles. The van der Waals surface area contributed by atoms with Gasteiger partial charge in [-0.25, -0.2) is 4.68 Å². The van der Waals surface area contributed by atoms with Gasteiger partial charge in [0, 0.05) is 27.6 Å². The van der Waals surface area contributed by atoms with Crippen LogP contribution in [-0.2, 0) is 12.8 Å². The van der Waals surface area contributed by atoms with Gasteiger partial charge >= 0.3 is 0 Å². The molecule has 38 heavy (non-hydrogen) atoms. The highest BCUT2D eigenvalue weighted by molar-refractivity contribution is 6.35. The fourth-order valence-electron chi connectivity index (χ4n) is 8.87. The molecule has 0 bridgehead atoms. The zero-order valence-corrected chi connectivity index (χ0v) is 24.0. The Kier molecular flexibility index (Phi) is 5.75. The van der Waals surface area contributed by atoms with Crippen molar-refractivity contribution in [2.24, 2.45) is 22.7 Å². The second-order valence-electron chi connectivity index (χ2n) is 12.4. The van der Waals surface area contributed by atoms with Crippen LogP contribution in [0.4, 0.5) is 0 Å². The Hall–Kier alpha value is -2.01. The summed E-state index contributed by atoms with van der Waals surface area (Å²) >= 11 is 19.3. The highest BCUT2D eigenvalue weighted by Gasteiger charge is 2.86. The second kappa shape index (κ2) is 8.74. The fourth-order valence-corrected chi connectivity index (χ4v) is 9.57. The molecule has 198 valence electrons. The summed E-state index contributed by atoms with van der Waals surface area (Å²) in [5.74, 6) is 1.68. The summed E-state index contributed by atoms with van der Waals surface area (Å²) in [6.45, 7) is 4.73. The number of halogens is 3. The highest BCUT2D eigenvalue weighted by Crippen LogP contribution is 2.86. The molecule has 5 unspecified atom stereocenters. The monoisotopic (exact) mass is 567 g/mol. The standard InChI is InChI=1S/C31H32Cl3N3O/c1-30-13-12-22-27(30)31(22,2)29(30)35-28(38)25-21-9-4-3-7-18(14-17-6-5-8-19(32)15-17)26(21)37(36-25)24-11-10-20(33)16-23(24)34/h5-6,8,10-11,15-16,18,22,27,29H,3-4,7,9,12-14H2,1-2H3,(H,35,38)/t18?,22?,27?,29-,30?,31?/m0/s1. The van der Waals surface area contributed by atoms with E-state index in [2.05, 4.69) is 25.2 Å². The average molecular weight is 569 g/mol. The molecule has 3 fully saturated rings. The average Bonchev–Trinajstić information content (AvgIpc) is 3.12. The number of fused-ring (bicyclic) bond motifs is 2. The second-order valence-corrected chi connectivity index (χ2v) is 13.7. The first-order valence-corrected chi connectivity index (χ1v) is 15.0. The third-order valence-corrected chi connectivity index (χ3v) is 11.2. The van der Waals surface area contributed by atoms with Crippen molar-refractivity contribution < 1.29 is 4.79 Å². The van der Waals surface area contributed by atoms with Crippen molar-refractivity contribution in [1.29, 1.82) is 0 Å².